The van der Waals surface area contributed by atoms with Crippen LogP contribution < -0.4 is 11.5 Å². The van der Waals surface area contributed by atoms with Crippen LogP contribution in [0.1, 0.15) is 35.1 Å². The number of nitrogens with two attached hydrogens (primary N) is 2. The molecule has 1 rings (SSSR count). The summed E-state index contributed by atoms with van der Waals surface area (Å²) in [4.78, 5) is 12.9. The molecule has 1 aromatic heterocycles. The second kappa shape index (κ2) is 5.63. The summed E-state index contributed by atoms with van der Waals surface area (Å²) in [5, 5.41) is 0. The van der Waals surface area contributed by atoms with Gasteiger partial charge in [0.15, 0.2) is 0 Å². The van der Waals surface area contributed by atoms with Crippen molar-refractivity contribution in [2.24, 2.45) is 11.5 Å². The fourth-order valence-corrected chi connectivity index (χ4v) is 2.90. The molecule has 0 aliphatic heterocycles. The van der Waals surface area contributed by atoms with E-state index in [2.05, 4.69) is 22.0 Å². The van der Waals surface area contributed by atoms with Crippen molar-refractivity contribution in [3.63, 3.8) is 0 Å². The van der Waals surface area contributed by atoms with Crippen LogP contribution in [0, 0.1) is 6.92 Å². The molecule has 0 radical (unpaired) electrons. The molecular weight excluding hydrogens is 276 g/mol. The third kappa shape index (κ3) is 3.93. The maximum absolute atomic E-state index is 10.6. The van der Waals surface area contributed by atoms with Crippen LogP contribution in [0.4, 0.5) is 0 Å². The number of hydrogen-bond acceptors (Lipinski definition) is 3. The van der Waals surface area contributed by atoms with Gasteiger partial charge < -0.3 is 11.5 Å². The van der Waals surface area contributed by atoms with Gasteiger partial charge in [-0.3, -0.25) is 4.79 Å². The van der Waals surface area contributed by atoms with E-state index in [4.69, 9.17) is 11.5 Å². The Balaban J connectivity index is 2.46. The van der Waals surface area contributed by atoms with E-state index < -0.39 is 0 Å². The summed E-state index contributed by atoms with van der Waals surface area (Å²) in [5.41, 5.74) is 11.1. The van der Waals surface area contributed by atoms with E-state index in [1.54, 1.807) is 11.3 Å². The van der Waals surface area contributed by atoms with Gasteiger partial charge in [-0.25, -0.2) is 0 Å². The Morgan fingerprint density at radius 3 is 2.80 bits per heavy atom. The van der Waals surface area contributed by atoms with Crippen molar-refractivity contribution in [1.82, 2.24) is 0 Å². The van der Waals surface area contributed by atoms with Gasteiger partial charge in [-0.2, -0.15) is 0 Å². The summed E-state index contributed by atoms with van der Waals surface area (Å²) in [5.74, 6) is -0.259. The molecule has 1 amide bonds. The van der Waals surface area contributed by atoms with Gasteiger partial charge >= 0.3 is 0 Å². The lowest BCUT2D eigenvalue weighted by atomic mass is 10.1. The molecule has 0 saturated carbocycles. The third-order valence-corrected chi connectivity index (χ3v) is 4.45. The largest absolute Gasteiger partial charge is 0.370 e. The first-order valence-electron chi connectivity index (χ1n) is 4.80. The lowest BCUT2D eigenvalue weighted by Crippen LogP contribution is -2.13. The average molecular weight is 291 g/mol. The number of rotatable bonds is 5. The fraction of sp³-hybridized carbons (Fsp3) is 0.500. The third-order valence-electron chi connectivity index (χ3n) is 2.18. The lowest BCUT2D eigenvalue weighted by molar-refractivity contribution is -0.118. The average Bonchev–Trinajstić information content (AvgIpc) is 2.46. The van der Waals surface area contributed by atoms with Crippen molar-refractivity contribution in [3.8, 4) is 0 Å². The summed E-state index contributed by atoms with van der Waals surface area (Å²) in [6, 6.07) is 2.06. The predicted molar refractivity (Wildman–Crippen MR) is 66.7 cm³/mol. The maximum atomic E-state index is 10.6. The van der Waals surface area contributed by atoms with Crippen LogP contribution in [0.25, 0.3) is 0 Å². The molecule has 1 unspecified atom stereocenters. The predicted octanol–water partition coefficient (Wildman–Crippen LogP) is 2.47. The molecule has 84 valence electrons. The van der Waals surface area contributed by atoms with E-state index in [9.17, 15) is 4.79 Å². The van der Waals surface area contributed by atoms with E-state index in [1.807, 2.05) is 6.92 Å². The lowest BCUT2D eigenvalue weighted by Gasteiger charge is -2.07. The molecule has 0 aliphatic rings. The summed E-state index contributed by atoms with van der Waals surface area (Å²) >= 11 is 5.15. The quantitative estimate of drug-likeness (QED) is 0.875. The monoisotopic (exact) mass is 290 g/mol. The van der Waals surface area contributed by atoms with Crippen LogP contribution in [0.5, 0.6) is 0 Å². The second-order valence-corrected chi connectivity index (χ2v) is 5.66. The first-order valence-corrected chi connectivity index (χ1v) is 6.41. The maximum Gasteiger partial charge on any atom is 0.217 e. The number of aryl methyl sites for hydroxylation is 1. The number of hydrogen-bond donors (Lipinski definition) is 2. The van der Waals surface area contributed by atoms with Crippen LogP contribution in [-0.2, 0) is 4.79 Å². The Morgan fingerprint density at radius 1 is 1.67 bits per heavy atom. The van der Waals surface area contributed by atoms with Crippen LogP contribution in [-0.4, -0.2) is 5.91 Å². The zero-order chi connectivity index (χ0) is 11.4. The standard InChI is InChI=1S/C10H15BrN2OS/c1-6-7(11)5-9(15-6)8(12)3-2-4-10(13)14/h5,8H,2-4,12H2,1H3,(H2,13,14). The van der Waals surface area contributed by atoms with Gasteiger partial charge in [0.25, 0.3) is 0 Å². The molecule has 0 aromatic carbocycles. The first kappa shape index (κ1) is 12.7. The Bertz CT molecular complexity index is 332. The van der Waals surface area contributed by atoms with Crippen molar-refractivity contribution in [2.45, 2.75) is 32.2 Å². The molecule has 0 saturated heterocycles. The van der Waals surface area contributed by atoms with E-state index in [1.165, 1.54) is 4.88 Å². The minimum Gasteiger partial charge on any atom is -0.370 e. The van der Waals surface area contributed by atoms with Crippen LogP contribution in [0.15, 0.2) is 10.5 Å². The highest BCUT2D eigenvalue weighted by molar-refractivity contribution is 9.10. The van der Waals surface area contributed by atoms with Gasteiger partial charge in [0, 0.05) is 26.7 Å². The number of carbonyl (C=O) groups excluding carboxylic acids is 1. The zero-order valence-electron chi connectivity index (χ0n) is 8.63. The van der Waals surface area contributed by atoms with E-state index in [-0.39, 0.29) is 11.9 Å². The normalized spacial score (nSPS) is 12.7. The minimum atomic E-state index is -0.259. The van der Waals surface area contributed by atoms with Crippen molar-refractivity contribution < 1.29 is 4.79 Å². The molecule has 4 N–H and O–H groups in total. The van der Waals surface area contributed by atoms with Crippen LogP contribution >= 0.6 is 27.3 Å². The van der Waals surface area contributed by atoms with Crippen molar-refractivity contribution in [2.75, 3.05) is 0 Å². The Morgan fingerprint density at radius 2 is 2.33 bits per heavy atom. The minimum absolute atomic E-state index is 0.0133. The van der Waals surface area contributed by atoms with Crippen molar-refractivity contribution >= 4 is 33.2 Å². The fourth-order valence-electron chi connectivity index (χ4n) is 1.30. The molecule has 5 heteroatoms. The highest BCUT2D eigenvalue weighted by Crippen LogP contribution is 2.31. The van der Waals surface area contributed by atoms with E-state index >= 15 is 0 Å². The zero-order valence-corrected chi connectivity index (χ0v) is 11.0. The van der Waals surface area contributed by atoms with Gasteiger partial charge in [-0.05, 0) is 41.8 Å². The molecular formula is C10H15BrN2OS. The van der Waals surface area contributed by atoms with E-state index in [0.29, 0.717) is 6.42 Å². The number of carbonyl (C=O) groups is 1. The highest BCUT2D eigenvalue weighted by Gasteiger charge is 2.11. The molecule has 1 atom stereocenters. The molecule has 0 aliphatic carbocycles. The number of halogens is 1. The molecule has 1 aromatic rings. The van der Waals surface area contributed by atoms with Crippen LogP contribution in [0.2, 0.25) is 0 Å². The summed E-state index contributed by atoms with van der Waals surface area (Å²) in [6.45, 7) is 2.05. The summed E-state index contributed by atoms with van der Waals surface area (Å²) in [6.07, 6.45) is 1.97. The highest BCUT2D eigenvalue weighted by atomic mass is 79.9. The van der Waals surface area contributed by atoms with Crippen molar-refractivity contribution in [3.05, 3.63) is 20.3 Å². The molecule has 15 heavy (non-hydrogen) atoms. The molecule has 0 fully saturated rings. The molecule has 3 nitrogen and oxygen atoms in total. The topological polar surface area (TPSA) is 69.1 Å². The van der Waals surface area contributed by atoms with Gasteiger partial charge in [-0.1, -0.05) is 0 Å². The summed E-state index contributed by atoms with van der Waals surface area (Å²) < 4.78 is 1.10. The Kier molecular flexibility index (Phi) is 4.76. The molecule has 0 bridgehead atoms. The Labute approximate surface area is 102 Å². The number of thiophene rings is 1. The summed E-state index contributed by atoms with van der Waals surface area (Å²) in [7, 11) is 0. The number of primary amides is 1. The van der Waals surface area contributed by atoms with Crippen molar-refractivity contribution in [1.29, 1.82) is 0 Å². The SMILES string of the molecule is Cc1sc(C(N)CCCC(N)=O)cc1Br. The van der Waals surface area contributed by atoms with E-state index in [0.717, 1.165) is 22.2 Å². The van der Waals surface area contributed by atoms with Gasteiger partial charge in [0.2, 0.25) is 5.91 Å². The first-order chi connectivity index (χ1) is 7.00. The second-order valence-electron chi connectivity index (χ2n) is 3.52. The Hall–Kier alpha value is -0.390. The van der Waals surface area contributed by atoms with Gasteiger partial charge in [0.05, 0.1) is 0 Å². The van der Waals surface area contributed by atoms with Gasteiger partial charge in [-0.15, -0.1) is 11.3 Å². The molecule has 0 spiro atoms. The van der Waals surface area contributed by atoms with Crippen LogP contribution in [0.3, 0.4) is 0 Å². The number of amides is 1. The smallest absolute Gasteiger partial charge is 0.217 e. The van der Waals surface area contributed by atoms with Gasteiger partial charge in [0.1, 0.15) is 0 Å². The molecule has 1 heterocycles.